The number of carbonyl (C=O) groups is 1. The topological polar surface area (TPSA) is 55.1 Å². The fourth-order valence-electron chi connectivity index (χ4n) is 1.95. The van der Waals surface area contributed by atoms with Crippen LogP contribution >= 0.6 is 23.2 Å². The van der Waals surface area contributed by atoms with Crippen molar-refractivity contribution in [3.05, 3.63) is 69.7 Å². The number of nitrogens with two attached hydrogens (primary N) is 1. The summed E-state index contributed by atoms with van der Waals surface area (Å²) in [6, 6.07) is 14.5. The van der Waals surface area contributed by atoms with Crippen LogP contribution in [-0.4, -0.2) is 12.5 Å². The smallest absolute Gasteiger partial charge is 0.251 e. The minimum absolute atomic E-state index is 0.0969. The van der Waals surface area contributed by atoms with Gasteiger partial charge in [-0.1, -0.05) is 53.5 Å². The molecule has 0 aliphatic rings. The van der Waals surface area contributed by atoms with Crippen LogP contribution in [0.3, 0.4) is 0 Å². The van der Waals surface area contributed by atoms with Gasteiger partial charge in [0.1, 0.15) is 0 Å². The number of rotatable bonds is 5. The molecule has 0 bridgehead atoms. The lowest BCUT2D eigenvalue weighted by molar-refractivity contribution is 0.0952. The van der Waals surface area contributed by atoms with Crippen LogP contribution in [0.2, 0.25) is 10.0 Å². The maximum atomic E-state index is 12.0. The maximum Gasteiger partial charge on any atom is 0.251 e. The van der Waals surface area contributed by atoms with E-state index in [4.69, 9.17) is 28.9 Å². The van der Waals surface area contributed by atoms with Gasteiger partial charge < -0.3 is 11.1 Å². The molecule has 2 aromatic carbocycles. The van der Waals surface area contributed by atoms with E-state index in [-0.39, 0.29) is 11.9 Å². The first-order valence-electron chi connectivity index (χ1n) is 6.61. The minimum atomic E-state index is -0.186. The number of hydrogen-bond donors (Lipinski definition) is 2. The van der Waals surface area contributed by atoms with Crippen molar-refractivity contribution in [3.63, 3.8) is 0 Å². The van der Waals surface area contributed by atoms with Gasteiger partial charge in [0, 0.05) is 18.2 Å². The highest BCUT2D eigenvalue weighted by Crippen LogP contribution is 2.22. The number of nitrogens with one attached hydrogen (secondary N) is 1. The Hall–Kier alpha value is -1.55. The van der Waals surface area contributed by atoms with Crippen molar-refractivity contribution in [3.8, 4) is 0 Å². The lowest BCUT2D eigenvalue weighted by atomic mass is 10.1. The van der Waals surface area contributed by atoms with Crippen molar-refractivity contribution >= 4 is 29.1 Å². The predicted octanol–water partition coefficient (Wildman–Crippen LogP) is 3.81. The first-order valence-corrected chi connectivity index (χ1v) is 7.37. The molecule has 2 rings (SSSR count). The first-order chi connectivity index (χ1) is 10.1. The molecule has 1 atom stereocenters. The standard InChI is InChI=1S/C16H16Cl2N2O/c17-13-7-6-12(10-14(13)18)16(21)20-9-8-15(19)11-4-2-1-3-5-11/h1-7,10,15H,8-9,19H2,(H,20,21). The summed E-state index contributed by atoms with van der Waals surface area (Å²) in [7, 11) is 0. The molecule has 3 N–H and O–H groups in total. The Labute approximate surface area is 134 Å². The molecule has 0 saturated carbocycles. The molecule has 3 nitrogen and oxygen atoms in total. The first kappa shape index (κ1) is 15.8. The van der Waals surface area contributed by atoms with Crippen molar-refractivity contribution in [1.29, 1.82) is 0 Å². The van der Waals surface area contributed by atoms with Gasteiger partial charge in [-0.3, -0.25) is 4.79 Å². The molecular weight excluding hydrogens is 307 g/mol. The molecular formula is C16H16Cl2N2O. The largest absolute Gasteiger partial charge is 0.352 e. The average molecular weight is 323 g/mol. The van der Waals surface area contributed by atoms with E-state index in [9.17, 15) is 4.79 Å². The molecule has 0 heterocycles. The van der Waals surface area contributed by atoms with Crippen LogP contribution in [0.1, 0.15) is 28.4 Å². The minimum Gasteiger partial charge on any atom is -0.352 e. The van der Waals surface area contributed by atoms with Crippen molar-refractivity contribution in [2.75, 3.05) is 6.54 Å². The Morgan fingerprint density at radius 1 is 1.10 bits per heavy atom. The second-order valence-electron chi connectivity index (χ2n) is 4.69. The molecule has 110 valence electrons. The Morgan fingerprint density at radius 3 is 2.48 bits per heavy atom. The Morgan fingerprint density at radius 2 is 1.81 bits per heavy atom. The van der Waals surface area contributed by atoms with E-state index in [1.165, 1.54) is 0 Å². The van der Waals surface area contributed by atoms with Gasteiger partial charge >= 0.3 is 0 Å². The summed E-state index contributed by atoms with van der Waals surface area (Å²) >= 11 is 11.7. The van der Waals surface area contributed by atoms with Crippen LogP contribution in [0, 0.1) is 0 Å². The molecule has 0 aliphatic carbocycles. The van der Waals surface area contributed by atoms with E-state index in [1.54, 1.807) is 18.2 Å². The van der Waals surface area contributed by atoms with E-state index in [2.05, 4.69) is 5.32 Å². The lowest BCUT2D eigenvalue weighted by Gasteiger charge is -2.12. The van der Waals surface area contributed by atoms with Gasteiger partial charge in [0.05, 0.1) is 10.0 Å². The fraction of sp³-hybridized carbons (Fsp3) is 0.188. The van der Waals surface area contributed by atoms with Gasteiger partial charge in [-0.05, 0) is 30.2 Å². The summed E-state index contributed by atoms with van der Waals surface area (Å²) in [5, 5.41) is 3.62. The highest BCUT2D eigenvalue weighted by Gasteiger charge is 2.09. The van der Waals surface area contributed by atoms with E-state index in [0.29, 0.717) is 28.6 Å². The second-order valence-corrected chi connectivity index (χ2v) is 5.51. The SMILES string of the molecule is NC(CCNC(=O)c1ccc(Cl)c(Cl)c1)c1ccccc1. The molecule has 0 aliphatic heterocycles. The highest BCUT2D eigenvalue weighted by atomic mass is 35.5. The van der Waals surface area contributed by atoms with Crippen LogP contribution in [0.15, 0.2) is 48.5 Å². The predicted molar refractivity (Wildman–Crippen MR) is 86.8 cm³/mol. The van der Waals surface area contributed by atoms with Crippen LogP contribution in [0.5, 0.6) is 0 Å². The molecule has 2 aromatic rings. The number of benzene rings is 2. The van der Waals surface area contributed by atoms with E-state index >= 15 is 0 Å². The monoisotopic (exact) mass is 322 g/mol. The molecule has 21 heavy (non-hydrogen) atoms. The van der Waals surface area contributed by atoms with Crippen LogP contribution in [0.4, 0.5) is 0 Å². The quantitative estimate of drug-likeness (QED) is 0.879. The van der Waals surface area contributed by atoms with Crippen molar-refractivity contribution in [2.45, 2.75) is 12.5 Å². The maximum absolute atomic E-state index is 12.0. The van der Waals surface area contributed by atoms with Gasteiger partial charge in [-0.2, -0.15) is 0 Å². The van der Waals surface area contributed by atoms with Gasteiger partial charge in [-0.15, -0.1) is 0 Å². The Balaban J connectivity index is 1.85. The van der Waals surface area contributed by atoms with Crippen LogP contribution < -0.4 is 11.1 Å². The van der Waals surface area contributed by atoms with E-state index in [0.717, 1.165) is 5.56 Å². The zero-order chi connectivity index (χ0) is 15.2. The van der Waals surface area contributed by atoms with Gasteiger partial charge in [0.2, 0.25) is 0 Å². The van der Waals surface area contributed by atoms with Gasteiger partial charge in [0.15, 0.2) is 0 Å². The fourth-order valence-corrected chi connectivity index (χ4v) is 2.25. The second kappa shape index (κ2) is 7.46. The zero-order valence-electron chi connectivity index (χ0n) is 11.4. The number of amides is 1. The summed E-state index contributed by atoms with van der Waals surface area (Å²) in [5.74, 6) is -0.186. The lowest BCUT2D eigenvalue weighted by Crippen LogP contribution is -2.27. The van der Waals surface area contributed by atoms with Gasteiger partial charge in [-0.25, -0.2) is 0 Å². The molecule has 0 aromatic heterocycles. The third-order valence-electron chi connectivity index (χ3n) is 3.15. The summed E-state index contributed by atoms with van der Waals surface area (Å²) < 4.78 is 0. The normalized spacial score (nSPS) is 12.0. The molecule has 0 saturated heterocycles. The Bertz CT molecular complexity index is 617. The molecule has 0 fully saturated rings. The third kappa shape index (κ3) is 4.46. The number of halogens is 2. The van der Waals surface area contributed by atoms with E-state index in [1.807, 2.05) is 30.3 Å². The van der Waals surface area contributed by atoms with Crippen molar-refractivity contribution in [1.82, 2.24) is 5.32 Å². The summed E-state index contributed by atoms with van der Waals surface area (Å²) in [6.07, 6.45) is 0.664. The molecule has 0 spiro atoms. The molecule has 1 amide bonds. The number of hydrogen-bond acceptors (Lipinski definition) is 2. The van der Waals surface area contributed by atoms with Crippen LogP contribution in [-0.2, 0) is 0 Å². The molecule has 1 unspecified atom stereocenters. The van der Waals surface area contributed by atoms with Crippen LogP contribution in [0.25, 0.3) is 0 Å². The number of carbonyl (C=O) groups excluding carboxylic acids is 1. The highest BCUT2D eigenvalue weighted by molar-refractivity contribution is 6.42. The summed E-state index contributed by atoms with van der Waals surface area (Å²) in [4.78, 5) is 12.0. The van der Waals surface area contributed by atoms with E-state index < -0.39 is 0 Å². The van der Waals surface area contributed by atoms with Crippen molar-refractivity contribution < 1.29 is 4.79 Å². The molecule has 0 radical (unpaired) electrons. The third-order valence-corrected chi connectivity index (χ3v) is 3.89. The van der Waals surface area contributed by atoms with Crippen molar-refractivity contribution in [2.24, 2.45) is 5.73 Å². The summed E-state index contributed by atoms with van der Waals surface area (Å²) in [6.45, 7) is 0.495. The molecule has 5 heteroatoms. The summed E-state index contributed by atoms with van der Waals surface area (Å²) in [5.41, 5.74) is 7.61. The average Bonchev–Trinajstić information content (AvgIpc) is 2.50. The zero-order valence-corrected chi connectivity index (χ0v) is 12.9. The Kier molecular flexibility index (Phi) is 5.62. The van der Waals surface area contributed by atoms with Gasteiger partial charge in [0.25, 0.3) is 5.91 Å².